The van der Waals surface area contributed by atoms with Crippen molar-refractivity contribution in [3.05, 3.63) is 101 Å². The molecule has 0 saturated heterocycles. The normalized spacial score (nSPS) is 11.9. The van der Waals surface area contributed by atoms with Crippen molar-refractivity contribution in [2.45, 2.75) is 18.0 Å². The molecule has 2 aromatic heterocycles. The smallest absolute Gasteiger partial charge is 0.336 e. The van der Waals surface area contributed by atoms with Crippen LogP contribution in [0, 0.1) is 0 Å². The third kappa shape index (κ3) is 3.76. The van der Waals surface area contributed by atoms with Crippen molar-refractivity contribution in [3.8, 4) is 0 Å². The summed E-state index contributed by atoms with van der Waals surface area (Å²) in [6.45, 7) is 0.303. The Hall–Kier alpha value is -3.16. The molecule has 6 nitrogen and oxygen atoms in total. The maximum absolute atomic E-state index is 13.4. The summed E-state index contributed by atoms with van der Waals surface area (Å²) in [4.78, 5) is 11.5. The Morgan fingerprint density at radius 2 is 1.68 bits per heavy atom. The zero-order valence-electron chi connectivity index (χ0n) is 14.8. The summed E-state index contributed by atoms with van der Waals surface area (Å²) >= 11 is 0. The third-order valence-electron chi connectivity index (χ3n) is 4.34. The summed E-state index contributed by atoms with van der Waals surface area (Å²) in [7, 11) is -3.82. The minimum Gasteiger partial charge on any atom is -0.468 e. The van der Waals surface area contributed by atoms with Gasteiger partial charge in [0, 0.05) is 18.0 Å². The number of hydrogen-bond donors (Lipinski definition) is 0. The largest absolute Gasteiger partial charge is 0.468 e. The van der Waals surface area contributed by atoms with E-state index in [4.69, 9.17) is 8.83 Å². The highest BCUT2D eigenvalue weighted by Gasteiger charge is 2.26. The van der Waals surface area contributed by atoms with Crippen molar-refractivity contribution in [1.82, 2.24) is 4.31 Å². The van der Waals surface area contributed by atoms with Crippen molar-refractivity contribution in [1.29, 1.82) is 0 Å². The fourth-order valence-electron chi connectivity index (χ4n) is 2.95. The Balaban J connectivity index is 1.74. The topological polar surface area (TPSA) is 80.7 Å². The first-order valence-corrected chi connectivity index (χ1v) is 10.1. The van der Waals surface area contributed by atoms with Crippen LogP contribution in [0.2, 0.25) is 0 Å². The van der Waals surface area contributed by atoms with Crippen LogP contribution in [0.25, 0.3) is 11.0 Å². The molecule has 142 valence electrons. The van der Waals surface area contributed by atoms with Gasteiger partial charge in [-0.3, -0.25) is 0 Å². The molecule has 0 amide bonds. The van der Waals surface area contributed by atoms with Gasteiger partial charge in [-0.05, 0) is 42.0 Å². The number of fused-ring (bicyclic) bond motifs is 1. The van der Waals surface area contributed by atoms with E-state index in [0.29, 0.717) is 16.7 Å². The minimum absolute atomic E-state index is 0.103. The first-order chi connectivity index (χ1) is 13.5. The van der Waals surface area contributed by atoms with Gasteiger partial charge in [-0.2, -0.15) is 4.31 Å². The zero-order chi connectivity index (χ0) is 19.6. The van der Waals surface area contributed by atoms with Gasteiger partial charge in [0.25, 0.3) is 0 Å². The van der Waals surface area contributed by atoms with E-state index in [2.05, 4.69) is 0 Å². The lowest BCUT2D eigenvalue weighted by molar-refractivity contribution is 0.358. The minimum atomic E-state index is -3.82. The van der Waals surface area contributed by atoms with Crippen molar-refractivity contribution in [3.63, 3.8) is 0 Å². The lowest BCUT2D eigenvalue weighted by atomic mass is 10.2. The third-order valence-corrected chi connectivity index (χ3v) is 6.13. The van der Waals surface area contributed by atoms with Gasteiger partial charge >= 0.3 is 5.63 Å². The van der Waals surface area contributed by atoms with Crippen molar-refractivity contribution in [2.24, 2.45) is 0 Å². The van der Waals surface area contributed by atoms with Crippen LogP contribution in [-0.4, -0.2) is 12.7 Å². The molecule has 0 N–H and O–H groups in total. The molecule has 2 heterocycles. The van der Waals surface area contributed by atoms with E-state index in [1.165, 1.54) is 34.8 Å². The van der Waals surface area contributed by atoms with Crippen LogP contribution >= 0.6 is 0 Å². The second-order valence-corrected chi connectivity index (χ2v) is 8.23. The molecule has 28 heavy (non-hydrogen) atoms. The standard InChI is InChI=1S/C21H17NO5S/c23-21-11-8-17-13-19(9-10-20(17)27-21)28(24,25)22(15-18-7-4-12-26-18)14-16-5-2-1-3-6-16/h1-13H,14-15H2. The van der Waals surface area contributed by atoms with E-state index in [0.717, 1.165) is 5.56 Å². The molecule has 0 atom stereocenters. The summed E-state index contributed by atoms with van der Waals surface area (Å²) in [5.41, 5.74) is 0.725. The predicted octanol–water partition coefficient (Wildman–Crippen LogP) is 3.78. The number of benzene rings is 2. The lowest BCUT2D eigenvalue weighted by Gasteiger charge is -2.21. The summed E-state index contributed by atoms with van der Waals surface area (Å²) in [5, 5.41) is 0.540. The molecule has 0 aliphatic rings. The highest BCUT2D eigenvalue weighted by atomic mass is 32.2. The molecule has 0 fully saturated rings. The van der Waals surface area contributed by atoms with Gasteiger partial charge < -0.3 is 8.83 Å². The molecule has 0 bridgehead atoms. The number of hydrogen-bond acceptors (Lipinski definition) is 5. The fraction of sp³-hybridized carbons (Fsp3) is 0.0952. The SMILES string of the molecule is O=c1ccc2cc(S(=O)(=O)N(Cc3ccccc3)Cc3ccco3)ccc2o1. The number of furan rings is 1. The number of nitrogens with zero attached hydrogens (tertiary/aromatic N) is 1. The van der Waals surface area contributed by atoms with Gasteiger partial charge in [0.05, 0.1) is 17.7 Å². The van der Waals surface area contributed by atoms with Crippen LogP contribution in [0.15, 0.2) is 97.6 Å². The number of sulfonamides is 1. The van der Waals surface area contributed by atoms with Gasteiger partial charge in [-0.1, -0.05) is 30.3 Å². The summed E-state index contributed by atoms with van der Waals surface area (Å²) in [5.74, 6) is 0.547. The predicted molar refractivity (Wildman–Crippen MR) is 104 cm³/mol. The van der Waals surface area contributed by atoms with Crippen molar-refractivity contribution >= 4 is 21.0 Å². The molecule has 0 saturated carbocycles. The summed E-state index contributed by atoms with van der Waals surface area (Å²) in [6, 6.07) is 20.1. The second kappa shape index (κ2) is 7.46. The van der Waals surface area contributed by atoms with Crippen molar-refractivity contribution in [2.75, 3.05) is 0 Å². The van der Waals surface area contributed by atoms with Gasteiger partial charge in [0.15, 0.2) is 0 Å². The van der Waals surface area contributed by atoms with E-state index in [1.54, 1.807) is 18.2 Å². The lowest BCUT2D eigenvalue weighted by Crippen LogP contribution is -2.30. The highest BCUT2D eigenvalue weighted by Crippen LogP contribution is 2.24. The van der Waals surface area contributed by atoms with Gasteiger partial charge in [0.1, 0.15) is 11.3 Å². The summed E-state index contributed by atoms with van der Waals surface area (Å²) in [6.07, 6.45) is 1.51. The monoisotopic (exact) mass is 395 g/mol. The maximum atomic E-state index is 13.4. The molecule has 0 aliphatic carbocycles. The molecule has 0 spiro atoms. The van der Waals surface area contributed by atoms with Crippen LogP contribution in [0.5, 0.6) is 0 Å². The van der Waals surface area contributed by atoms with Crippen LogP contribution in [-0.2, 0) is 23.1 Å². The van der Waals surface area contributed by atoms with E-state index in [-0.39, 0.29) is 18.0 Å². The Morgan fingerprint density at radius 3 is 2.43 bits per heavy atom. The van der Waals surface area contributed by atoms with Gasteiger partial charge in [-0.25, -0.2) is 13.2 Å². The Kier molecular flexibility index (Phi) is 4.85. The van der Waals surface area contributed by atoms with Crippen LogP contribution in [0.3, 0.4) is 0 Å². The molecule has 0 aliphatic heterocycles. The molecule has 0 radical (unpaired) electrons. The van der Waals surface area contributed by atoms with E-state index < -0.39 is 15.6 Å². The van der Waals surface area contributed by atoms with E-state index >= 15 is 0 Å². The van der Waals surface area contributed by atoms with Gasteiger partial charge in [-0.15, -0.1) is 0 Å². The fourth-order valence-corrected chi connectivity index (χ4v) is 4.38. The molecular formula is C21H17NO5S. The highest BCUT2D eigenvalue weighted by molar-refractivity contribution is 7.89. The molecule has 4 rings (SSSR count). The van der Waals surface area contributed by atoms with Crippen LogP contribution < -0.4 is 5.63 Å². The molecule has 0 unspecified atom stereocenters. The van der Waals surface area contributed by atoms with Crippen LogP contribution in [0.4, 0.5) is 0 Å². The number of rotatable bonds is 6. The van der Waals surface area contributed by atoms with Gasteiger partial charge in [0.2, 0.25) is 10.0 Å². The molecule has 4 aromatic rings. The Labute approximate surface area is 161 Å². The summed E-state index contributed by atoms with van der Waals surface area (Å²) < 4.78 is 38.5. The average Bonchev–Trinajstić information content (AvgIpc) is 3.21. The Morgan fingerprint density at radius 1 is 0.857 bits per heavy atom. The maximum Gasteiger partial charge on any atom is 0.336 e. The van der Waals surface area contributed by atoms with Crippen molar-refractivity contribution < 1.29 is 17.3 Å². The second-order valence-electron chi connectivity index (χ2n) is 6.29. The van der Waals surface area contributed by atoms with E-state index in [1.807, 2.05) is 30.3 Å². The quantitative estimate of drug-likeness (QED) is 0.464. The first-order valence-electron chi connectivity index (χ1n) is 8.63. The molecule has 2 aromatic carbocycles. The zero-order valence-corrected chi connectivity index (χ0v) is 15.6. The first kappa shape index (κ1) is 18.2. The Bertz CT molecular complexity index is 1240. The van der Waals surface area contributed by atoms with Crippen LogP contribution in [0.1, 0.15) is 11.3 Å². The molecular weight excluding hydrogens is 378 g/mol. The van der Waals surface area contributed by atoms with E-state index in [9.17, 15) is 13.2 Å². The molecule has 7 heteroatoms. The average molecular weight is 395 g/mol.